The van der Waals surface area contributed by atoms with Crippen LogP contribution in [-0.4, -0.2) is 44.6 Å². The Labute approximate surface area is 166 Å². The van der Waals surface area contributed by atoms with Gasteiger partial charge in [-0.05, 0) is 78.9 Å². The number of nitrogens with zero attached hydrogens (tertiary/aromatic N) is 2. The van der Waals surface area contributed by atoms with Gasteiger partial charge in [-0.1, -0.05) is 12.1 Å². The maximum absolute atomic E-state index is 12.6. The number of ether oxygens (including phenoxy) is 1. The third-order valence-electron chi connectivity index (χ3n) is 5.05. The quantitative estimate of drug-likeness (QED) is 0.837. The zero-order valence-electron chi connectivity index (χ0n) is 16.6. The SMILES string of the molecule is CN(C)C(=O)c1cc(COCC2CCNCC2)cc(-c2cccc(C#N)c2)c1. The van der Waals surface area contributed by atoms with Gasteiger partial charge in [0.25, 0.3) is 5.91 Å². The van der Waals surface area contributed by atoms with Gasteiger partial charge in [0.15, 0.2) is 0 Å². The molecule has 1 aliphatic heterocycles. The van der Waals surface area contributed by atoms with Gasteiger partial charge in [-0.15, -0.1) is 0 Å². The van der Waals surface area contributed by atoms with Crippen molar-refractivity contribution in [3.8, 4) is 17.2 Å². The van der Waals surface area contributed by atoms with Crippen LogP contribution in [0.4, 0.5) is 0 Å². The first-order valence-electron chi connectivity index (χ1n) is 9.71. The number of benzene rings is 2. The molecule has 146 valence electrons. The minimum atomic E-state index is -0.0436. The molecule has 1 amide bonds. The molecule has 0 aromatic heterocycles. The summed E-state index contributed by atoms with van der Waals surface area (Å²) in [7, 11) is 3.50. The number of carbonyl (C=O) groups is 1. The highest BCUT2D eigenvalue weighted by molar-refractivity contribution is 5.95. The first-order valence-corrected chi connectivity index (χ1v) is 9.71. The number of rotatable bonds is 6. The zero-order valence-corrected chi connectivity index (χ0v) is 16.6. The van der Waals surface area contributed by atoms with E-state index in [4.69, 9.17) is 4.74 Å². The van der Waals surface area contributed by atoms with Crippen molar-refractivity contribution in [3.63, 3.8) is 0 Å². The van der Waals surface area contributed by atoms with Crippen molar-refractivity contribution in [2.75, 3.05) is 33.8 Å². The normalized spacial score (nSPS) is 14.5. The third-order valence-corrected chi connectivity index (χ3v) is 5.05. The fraction of sp³-hybridized carbons (Fsp3) is 0.391. The molecule has 28 heavy (non-hydrogen) atoms. The summed E-state index contributed by atoms with van der Waals surface area (Å²) < 4.78 is 5.99. The number of piperidine rings is 1. The second kappa shape index (κ2) is 9.50. The van der Waals surface area contributed by atoms with Crippen LogP contribution in [0.2, 0.25) is 0 Å². The van der Waals surface area contributed by atoms with E-state index in [9.17, 15) is 10.1 Å². The van der Waals surface area contributed by atoms with Gasteiger partial charge >= 0.3 is 0 Å². The summed E-state index contributed by atoms with van der Waals surface area (Å²) in [6.07, 6.45) is 2.29. The molecule has 1 saturated heterocycles. The largest absolute Gasteiger partial charge is 0.376 e. The molecule has 0 aliphatic carbocycles. The number of nitrogens with one attached hydrogen (secondary N) is 1. The number of nitriles is 1. The first kappa shape index (κ1) is 20.1. The van der Waals surface area contributed by atoms with Gasteiger partial charge in [0.2, 0.25) is 0 Å². The molecular formula is C23H27N3O2. The van der Waals surface area contributed by atoms with E-state index in [1.165, 1.54) is 0 Å². The van der Waals surface area contributed by atoms with Gasteiger partial charge in [0.1, 0.15) is 0 Å². The Morgan fingerprint density at radius 3 is 2.68 bits per heavy atom. The highest BCUT2D eigenvalue weighted by atomic mass is 16.5. The van der Waals surface area contributed by atoms with Gasteiger partial charge in [0.05, 0.1) is 18.2 Å². The average Bonchev–Trinajstić information content (AvgIpc) is 2.73. The summed E-state index contributed by atoms with van der Waals surface area (Å²) in [5, 5.41) is 12.6. The van der Waals surface area contributed by atoms with Crippen LogP contribution in [-0.2, 0) is 11.3 Å². The van der Waals surface area contributed by atoms with Crippen LogP contribution in [0.25, 0.3) is 11.1 Å². The molecule has 0 atom stereocenters. The van der Waals surface area contributed by atoms with Crippen molar-refractivity contribution >= 4 is 5.91 Å². The lowest BCUT2D eigenvalue weighted by Crippen LogP contribution is -2.29. The van der Waals surface area contributed by atoms with Crippen LogP contribution >= 0.6 is 0 Å². The van der Waals surface area contributed by atoms with E-state index in [0.29, 0.717) is 23.7 Å². The molecule has 1 fully saturated rings. The molecule has 1 heterocycles. The van der Waals surface area contributed by atoms with Gasteiger partial charge in [-0.3, -0.25) is 4.79 Å². The van der Waals surface area contributed by atoms with Crippen molar-refractivity contribution < 1.29 is 9.53 Å². The fourth-order valence-corrected chi connectivity index (χ4v) is 3.48. The van der Waals surface area contributed by atoms with Crippen LogP contribution < -0.4 is 5.32 Å². The highest BCUT2D eigenvalue weighted by Gasteiger charge is 2.15. The standard InChI is InChI=1S/C23H27N3O2/c1-26(2)23(27)22-12-19(16-28-15-17-6-8-25-9-7-17)11-21(13-22)20-5-3-4-18(10-20)14-24/h3-5,10-13,17,25H,6-9,15-16H2,1-2H3. The van der Waals surface area contributed by atoms with E-state index < -0.39 is 0 Å². The molecule has 1 aliphatic rings. The molecule has 5 nitrogen and oxygen atoms in total. The Morgan fingerprint density at radius 2 is 1.96 bits per heavy atom. The van der Waals surface area contributed by atoms with Gasteiger partial charge in [0, 0.05) is 26.3 Å². The molecule has 3 rings (SSSR count). The van der Waals surface area contributed by atoms with Gasteiger partial charge < -0.3 is 15.0 Å². The van der Waals surface area contributed by atoms with Crippen LogP contribution in [0.1, 0.15) is 34.3 Å². The van der Waals surface area contributed by atoms with E-state index in [1.807, 2.05) is 36.4 Å². The smallest absolute Gasteiger partial charge is 0.253 e. The topological polar surface area (TPSA) is 65.4 Å². The van der Waals surface area contributed by atoms with Crippen molar-refractivity contribution in [3.05, 3.63) is 59.2 Å². The maximum Gasteiger partial charge on any atom is 0.253 e. The second-order valence-electron chi connectivity index (χ2n) is 7.52. The molecular weight excluding hydrogens is 350 g/mol. The number of hydrogen-bond donors (Lipinski definition) is 1. The van der Waals surface area contributed by atoms with E-state index in [-0.39, 0.29) is 5.91 Å². The monoisotopic (exact) mass is 377 g/mol. The molecule has 0 saturated carbocycles. The molecule has 0 spiro atoms. The minimum Gasteiger partial charge on any atom is -0.376 e. The lowest BCUT2D eigenvalue weighted by Gasteiger charge is -2.22. The second-order valence-corrected chi connectivity index (χ2v) is 7.52. The Kier molecular flexibility index (Phi) is 6.80. The summed E-state index contributed by atoms with van der Waals surface area (Å²) in [5.41, 5.74) is 4.05. The van der Waals surface area contributed by atoms with Crippen LogP contribution in [0.3, 0.4) is 0 Å². The molecule has 0 bridgehead atoms. The Balaban J connectivity index is 1.82. The van der Waals surface area contributed by atoms with Gasteiger partial charge in [-0.2, -0.15) is 5.26 Å². The van der Waals surface area contributed by atoms with E-state index in [0.717, 1.165) is 49.2 Å². The Morgan fingerprint density at radius 1 is 1.18 bits per heavy atom. The van der Waals surface area contributed by atoms with E-state index in [1.54, 1.807) is 25.1 Å². The lowest BCUT2D eigenvalue weighted by atomic mass is 9.98. The van der Waals surface area contributed by atoms with E-state index >= 15 is 0 Å². The van der Waals surface area contributed by atoms with Crippen molar-refractivity contribution in [2.45, 2.75) is 19.4 Å². The Hall–Kier alpha value is -2.68. The molecule has 2 aromatic rings. The summed E-state index contributed by atoms with van der Waals surface area (Å²) in [6.45, 7) is 3.33. The average molecular weight is 377 g/mol. The predicted molar refractivity (Wildman–Crippen MR) is 110 cm³/mol. The molecule has 0 radical (unpaired) electrons. The number of carbonyl (C=O) groups excluding carboxylic acids is 1. The van der Waals surface area contributed by atoms with Gasteiger partial charge in [-0.25, -0.2) is 0 Å². The molecule has 5 heteroatoms. The molecule has 1 N–H and O–H groups in total. The Bertz CT molecular complexity index is 864. The summed E-state index contributed by atoms with van der Waals surface area (Å²) in [5.74, 6) is 0.553. The van der Waals surface area contributed by atoms with E-state index in [2.05, 4.69) is 11.4 Å². The lowest BCUT2D eigenvalue weighted by molar-refractivity contribution is 0.0760. The zero-order chi connectivity index (χ0) is 19.9. The van der Waals surface area contributed by atoms with Crippen LogP contribution in [0.15, 0.2) is 42.5 Å². The van der Waals surface area contributed by atoms with Crippen molar-refractivity contribution in [1.82, 2.24) is 10.2 Å². The summed E-state index contributed by atoms with van der Waals surface area (Å²) in [4.78, 5) is 14.1. The first-order chi connectivity index (χ1) is 13.6. The van der Waals surface area contributed by atoms with Crippen LogP contribution in [0, 0.1) is 17.2 Å². The van der Waals surface area contributed by atoms with Crippen LogP contribution in [0.5, 0.6) is 0 Å². The number of hydrogen-bond acceptors (Lipinski definition) is 4. The summed E-state index contributed by atoms with van der Waals surface area (Å²) in [6, 6.07) is 15.5. The fourth-order valence-electron chi connectivity index (χ4n) is 3.48. The number of amides is 1. The van der Waals surface area contributed by atoms with Crippen molar-refractivity contribution in [1.29, 1.82) is 5.26 Å². The molecule has 2 aromatic carbocycles. The maximum atomic E-state index is 12.6. The highest BCUT2D eigenvalue weighted by Crippen LogP contribution is 2.25. The van der Waals surface area contributed by atoms with Crippen molar-refractivity contribution in [2.24, 2.45) is 5.92 Å². The minimum absolute atomic E-state index is 0.0436. The third kappa shape index (κ3) is 5.19. The summed E-state index contributed by atoms with van der Waals surface area (Å²) >= 11 is 0. The molecule has 0 unspecified atom stereocenters. The predicted octanol–water partition coefficient (Wildman–Crippen LogP) is 3.44.